The number of ether oxygens (including phenoxy) is 1. The van der Waals surface area contributed by atoms with E-state index < -0.39 is 6.10 Å². The third-order valence-electron chi connectivity index (χ3n) is 8.34. The number of pyridine rings is 1. The first-order valence-corrected chi connectivity index (χ1v) is 15.0. The lowest BCUT2D eigenvalue weighted by Gasteiger charge is -2.40. The number of aryl methyl sites for hydroxylation is 3. The van der Waals surface area contributed by atoms with Crippen molar-refractivity contribution in [2.45, 2.75) is 51.7 Å². The van der Waals surface area contributed by atoms with Gasteiger partial charge in [0.25, 0.3) is 11.8 Å². The normalized spacial score (nSPS) is 17.6. The molecule has 3 aromatic rings. The van der Waals surface area contributed by atoms with Crippen molar-refractivity contribution in [2.24, 2.45) is 7.05 Å². The molecule has 2 N–H and O–H groups in total. The summed E-state index contributed by atoms with van der Waals surface area (Å²) in [6.07, 6.45) is 6.95. The zero-order chi connectivity index (χ0) is 31.5. The van der Waals surface area contributed by atoms with Gasteiger partial charge in [0.1, 0.15) is 5.75 Å². The Bertz CT molecular complexity index is 1560. The predicted octanol–water partition coefficient (Wildman–Crippen LogP) is 3.76. The first-order valence-electron chi connectivity index (χ1n) is 15.0. The molecule has 0 spiro atoms. The van der Waals surface area contributed by atoms with Gasteiger partial charge in [-0.15, -0.1) is 0 Å². The molecule has 232 valence electrons. The molecule has 0 unspecified atom stereocenters. The second-order valence-electron chi connectivity index (χ2n) is 11.8. The Morgan fingerprint density at radius 1 is 1.11 bits per heavy atom. The molecule has 0 bridgehead atoms. The second kappa shape index (κ2) is 13.0. The van der Waals surface area contributed by atoms with Crippen molar-refractivity contribution in [1.29, 1.82) is 0 Å². The zero-order valence-corrected chi connectivity index (χ0v) is 26.1. The van der Waals surface area contributed by atoms with E-state index in [2.05, 4.69) is 33.3 Å². The number of rotatable bonds is 10. The molecule has 1 saturated heterocycles. The Kier molecular flexibility index (Phi) is 9.14. The Labute approximate surface area is 258 Å². The van der Waals surface area contributed by atoms with Gasteiger partial charge in [-0.2, -0.15) is 5.10 Å². The Hall–Kier alpha value is -4.51. The van der Waals surface area contributed by atoms with Gasteiger partial charge in [-0.25, -0.2) is 0 Å². The number of carbonyl (C=O) groups is 3. The fraction of sp³-hybridized carbons (Fsp3) is 0.424. The molecule has 0 radical (unpaired) electrons. The summed E-state index contributed by atoms with van der Waals surface area (Å²) in [5, 5.41) is 9.85. The average Bonchev–Trinajstić information content (AvgIpc) is 3.80. The smallest absolute Gasteiger partial charge is 0.257 e. The molecule has 11 heteroatoms. The molecule has 1 aliphatic carbocycles. The summed E-state index contributed by atoms with van der Waals surface area (Å²) in [6, 6.07) is 7.42. The zero-order valence-electron chi connectivity index (χ0n) is 26.1. The lowest BCUT2D eigenvalue weighted by Crippen LogP contribution is -2.54. The van der Waals surface area contributed by atoms with Crippen molar-refractivity contribution in [3.8, 4) is 5.75 Å². The summed E-state index contributed by atoms with van der Waals surface area (Å²) < 4.78 is 8.28. The molecule has 1 aromatic carbocycles. The van der Waals surface area contributed by atoms with Crippen LogP contribution in [0, 0.1) is 13.8 Å². The maximum Gasteiger partial charge on any atom is 0.257 e. The van der Waals surface area contributed by atoms with Gasteiger partial charge < -0.3 is 20.3 Å². The minimum Gasteiger partial charge on any atom is -0.482 e. The van der Waals surface area contributed by atoms with Crippen molar-refractivity contribution < 1.29 is 19.1 Å². The largest absolute Gasteiger partial charge is 0.482 e. The molecule has 2 aromatic heterocycles. The molecule has 2 atom stereocenters. The van der Waals surface area contributed by atoms with Crippen LogP contribution in [0.3, 0.4) is 0 Å². The van der Waals surface area contributed by atoms with E-state index >= 15 is 0 Å². The second-order valence-corrected chi connectivity index (χ2v) is 11.8. The minimum absolute atomic E-state index is 0.00399. The average molecular weight is 600 g/mol. The van der Waals surface area contributed by atoms with Gasteiger partial charge in [-0.1, -0.05) is 12.6 Å². The van der Waals surface area contributed by atoms with Gasteiger partial charge in [0, 0.05) is 69.8 Å². The van der Waals surface area contributed by atoms with E-state index in [-0.39, 0.29) is 29.3 Å². The SMILES string of the molecule is C=CC(=O)N1CCN(C[C@@H](Oc2cc(C)c(C(=O)Nc3nn(C)cc3C)cc2C(=O)NC)c2ccc(C3CC3)cn2)C[C@H]1C. The quantitative estimate of drug-likeness (QED) is 0.341. The Morgan fingerprint density at radius 3 is 2.48 bits per heavy atom. The summed E-state index contributed by atoms with van der Waals surface area (Å²) in [7, 11) is 3.33. The first-order chi connectivity index (χ1) is 21.1. The molecule has 3 amide bonds. The van der Waals surface area contributed by atoms with Gasteiger partial charge >= 0.3 is 0 Å². The van der Waals surface area contributed by atoms with Crippen LogP contribution in [0.5, 0.6) is 5.75 Å². The lowest BCUT2D eigenvalue weighted by atomic mass is 10.0. The summed E-state index contributed by atoms with van der Waals surface area (Å²) in [5.41, 5.74) is 4.05. The van der Waals surface area contributed by atoms with Crippen molar-refractivity contribution in [1.82, 2.24) is 29.9 Å². The maximum absolute atomic E-state index is 13.3. The number of carbonyl (C=O) groups excluding carboxylic acids is 3. The highest BCUT2D eigenvalue weighted by Crippen LogP contribution is 2.40. The van der Waals surface area contributed by atoms with E-state index in [1.165, 1.54) is 24.5 Å². The van der Waals surface area contributed by atoms with Gasteiger partial charge in [0.15, 0.2) is 11.9 Å². The number of hydrogen-bond acceptors (Lipinski definition) is 7. The number of anilines is 1. The van der Waals surface area contributed by atoms with Crippen LogP contribution < -0.4 is 15.4 Å². The maximum atomic E-state index is 13.3. The summed E-state index contributed by atoms with van der Waals surface area (Å²) >= 11 is 0. The number of nitrogens with one attached hydrogen (secondary N) is 2. The van der Waals surface area contributed by atoms with E-state index in [0.29, 0.717) is 54.8 Å². The van der Waals surface area contributed by atoms with E-state index in [9.17, 15) is 14.4 Å². The highest BCUT2D eigenvalue weighted by Gasteiger charge is 2.31. The Morgan fingerprint density at radius 2 is 1.89 bits per heavy atom. The highest BCUT2D eigenvalue weighted by atomic mass is 16.5. The van der Waals surface area contributed by atoms with Gasteiger partial charge in [-0.3, -0.25) is 28.9 Å². The molecule has 2 fully saturated rings. The van der Waals surface area contributed by atoms with Crippen LogP contribution in [0.2, 0.25) is 0 Å². The van der Waals surface area contributed by atoms with Crippen molar-refractivity contribution >= 4 is 23.5 Å². The number of benzene rings is 1. The van der Waals surface area contributed by atoms with Gasteiger partial charge in [0.05, 0.1) is 11.3 Å². The molecular formula is C33H41N7O4. The fourth-order valence-corrected chi connectivity index (χ4v) is 5.73. The predicted molar refractivity (Wildman–Crippen MR) is 168 cm³/mol. The third-order valence-corrected chi connectivity index (χ3v) is 8.34. The highest BCUT2D eigenvalue weighted by molar-refractivity contribution is 6.07. The third kappa shape index (κ3) is 6.83. The fourth-order valence-electron chi connectivity index (χ4n) is 5.73. The molecule has 1 saturated carbocycles. The molecule has 44 heavy (non-hydrogen) atoms. The summed E-state index contributed by atoms with van der Waals surface area (Å²) in [6.45, 7) is 11.7. The topological polar surface area (TPSA) is 122 Å². The van der Waals surface area contributed by atoms with E-state index in [0.717, 1.165) is 11.3 Å². The van der Waals surface area contributed by atoms with Crippen LogP contribution in [0.15, 0.2) is 49.3 Å². The minimum atomic E-state index is -0.504. The Balaban J connectivity index is 1.44. The number of nitrogens with zero attached hydrogens (tertiary/aromatic N) is 5. The van der Waals surface area contributed by atoms with Crippen LogP contribution >= 0.6 is 0 Å². The van der Waals surface area contributed by atoms with Crippen molar-refractivity contribution in [3.63, 3.8) is 0 Å². The van der Waals surface area contributed by atoms with Gasteiger partial charge in [0.2, 0.25) is 5.91 Å². The van der Waals surface area contributed by atoms with Crippen LogP contribution in [-0.4, -0.2) is 81.6 Å². The van der Waals surface area contributed by atoms with Crippen LogP contribution in [0.4, 0.5) is 5.82 Å². The van der Waals surface area contributed by atoms with E-state index in [1.54, 1.807) is 30.9 Å². The number of hydrogen-bond donors (Lipinski definition) is 2. The number of piperazine rings is 1. The van der Waals surface area contributed by atoms with Crippen LogP contribution in [0.25, 0.3) is 0 Å². The van der Waals surface area contributed by atoms with Crippen LogP contribution in [0.1, 0.15) is 74.9 Å². The number of amides is 3. The number of aromatic nitrogens is 3. The van der Waals surface area contributed by atoms with E-state index in [1.807, 2.05) is 44.1 Å². The van der Waals surface area contributed by atoms with Crippen molar-refractivity contribution in [2.75, 3.05) is 38.5 Å². The molecule has 3 heterocycles. The lowest BCUT2D eigenvalue weighted by molar-refractivity contribution is -0.130. The molecular weight excluding hydrogens is 558 g/mol. The first kappa shape index (κ1) is 30.9. The molecule has 5 rings (SSSR count). The monoisotopic (exact) mass is 599 g/mol. The van der Waals surface area contributed by atoms with Crippen LogP contribution in [-0.2, 0) is 11.8 Å². The molecule has 2 aliphatic rings. The summed E-state index contributed by atoms with van der Waals surface area (Å²) in [5.74, 6) is 0.584. The standard InChI is InChI=1S/C33H41N7O4/c1-7-30(41)40-13-12-39(18-22(40)4)19-29(27-11-10-24(16-35-27)23-8-9-23)44-28-14-20(2)25(15-26(28)32(42)34-5)33(43)36-31-21(3)17-38(6)37-31/h7,10-11,14-17,22-23,29H,1,8-9,12-13,18-19H2,2-6H3,(H,34,42)(H,36,37,43)/t22-,29-/m1/s1. The van der Waals surface area contributed by atoms with Gasteiger partial charge in [-0.05, 0) is 74.9 Å². The molecule has 1 aliphatic heterocycles. The van der Waals surface area contributed by atoms with Crippen molar-refractivity contribution in [3.05, 3.63) is 82.8 Å². The summed E-state index contributed by atoms with van der Waals surface area (Å²) in [4.78, 5) is 47.6. The molecule has 11 nitrogen and oxygen atoms in total. The van der Waals surface area contributed by atoms with E-state index in [4.69, 9.17) is 9.72 Å².